The minimum absolute atomic E-state index is 0.0864. The molecular formula is C10H15NO2. The lowest BCUT2D eigenvalue weighted by Crippen LogP contribution is -2.25. The summed E-state index contributed by atoms with van der Waals surface area (Å²) in [6.45, 7) is 4.19. The molecule has 1 amide bonds. The molecule has 1 aromatic heterocycles. The molecule has 0 aliphatic heterocycles. The molecule has 0 aliphatic carbocycles. The van der Waals surface area contributed by atoms with Gasteiger partial charge in [-0.1, -0.05) is 0 Å². The molecule has 13 heavy (non-hydrogen) atoms. The fourth-order valence-electron chi connectivity index (χ4n) is 1.05. The van der Waals surface area contributed by atoms with Crippen molar-refractivity contribution < 1.29 is 9.21 Å². The van der Waals surface area contributed by atoms with Gasteiger partial charge in [0, 0.05) is 26.9 Å². The van der Waals surface area contributed by atoms with Crippen molar-refractivity contribution in [2.24, 2.45) is 0 Å². The molecule has 0 fully saturated rings. The number of carbonyl (C=O) groups excluding carboxylic acids is 1. The van der Waals surface area contributed by atoms with Gasteiger partial charge in [-0.2, -0.15) is 0 Å². The normalized spacial score (nSPS) is 10.1. The molecule has 0 radical (unpaired) electrons. The molecule has 0 bridgehead atoms. The average molecular weight is 181 g/mol. The number of carbonyl (C=O) groups is 1. The van der Waals surface area contributed by atoms with Gasteiger partial charge in [-0.25, -0.2) is 0 Å². The first-order valence-corrected chi connectivity index (χ1v) is 4.36. The van der Waals surface area contributed by atoms with Gasteiger partial charge < -0.3 is 9.32 Å². The Balaban J connectivity index is 2.39. The Morgan fingerprint density at radius 3 is 2.69 bits per heavy atom. The van der Waals surface area contributed by atoms with Gasteiger partial charge in [0.05, 0.1) is 0 Å². The summed E-state index contributed by atoms with van der Waals surface area (Å²) in [6, 6.07) is 3.88. The molecule has 1 rings (SSSR count). The Morgan fingerprint density at radius 1 is 1.54 bits per heavy atom. The second-order valence-corrected chi connectivity index (χ2v) is 3.20. The zero-order chi connectivity index (χ0) is 9.84. The van der Waals surface area contributed by atoms with Crippen LogP contribution in [0.15, 0.2) is 16.5 Å². The molecule has 3 nitrogen and oxygen atoms in total. The lowest BCUT2D eigenvalue weighted by molar-refractivity contribution is -0.127. The summed E-state index contributed by atoms with van der Waals surface area (Å²) in [7, 11) is 1.79. The summed E-state index contributed by atoms with van der Waals surface area (Å²) in [5, 5.41) is 0. The van der Waals surface area contributed by atoms with E-state index in [9.17, 15) is 4.79 Å². The monoisotopic (exact) mass is 181 g/mol. The second-order valence-electron chi connectivity index (χ2n) is 3.20. The highest BCUT2D eigenvalue weighted by Crippen LogP contribution is 2.07. The first kappa shape index (κ1) is 9.84. The number of amides is 1. The van der Waals surface area contributed by atoms with Crippen LogP contribution in [0.4, 0.5) is 0 Å². The second kappa shape index (κ2) is 4.12. The van der Waals surface area contributed by atoms with Crippen LogP contribution in [-0.2, 0) is 11.2 Å². The van der Waals surface area contributed by atoms with Gasteiger partial charge in [-0.3, -0.25) is 4.79 Å². The van der Waals surface area contributed by atoms with E-state index in [-0.39, 0.29) is 5.91 Å². The van der Waals surface area contributed by atoms with Gasteiger partial charge in [0.2, 0.25) is 5.91 Å². The van der Waals surface area contributed by atoms with Crippen molar-refractivity contribution in [1.29, 1.82) is 0 Å². The molecule has 0 aliphatic rings. The van der Waals surface area contributed by atoms with Crippen LogP contribution in [0, 0.1) is 6.92 Å². The standard InChI is InChI=1S/C10H15NO2/c1-8-4-5-10(13-8)6-7-11(3)9(2)12/h4-5H,6-7H2,1-3H3. The number of hydrogen-bond acceptors (Lipinski definition) is 2. The summed E-state index contributed by atoms with van der Waals surface area (Å²) in [4.78, 5) is 12.5. The molecule has 0 aromatic carbocycles. The third kappa shape index (κ3) is 2.93. The van der Waals surface area contributed by atoms with Crippen LogP contribution in [0.5, 0.6) is 0 Å². The van der Waals surface area contributed by atoms with Gasteiger partial charge >= 0.3 is 0 Å². The maximum absolute atomic E-state index is 10.9. The van der Waals surface area contributed by atoms with Crippen molar-refractivity contribution in [3.63, 3.8) is 0 Å². The number of rotatable bonds is 3. The number of furan rings is 1. The zero-order valence-electron chi connectivity index (χ0n) is 8.33. The predicted molar refractivity (Wildman–Crippen MR) is 50.5 cm³/mol. The van der Waals surface area contributed by atoms with Crippen molar-refractivity contribution in [3.05, 3.63) is 23.7 Å². The molecule has 3 heteroatoms. The van der Waals surface area contributed by atoms with Gasteiger partial charge in [0.1, 0.15) is 11.5 Å². The first-order chi connectivity index (χ1) is 6.09. The van der Waals surface area contributed by atoms with Gasteiger partial charge in [0.25, 0.3) is 0 Å². The van der Waals surface area contributed by atoms with Crippen molar-refractivity contribution in [3.8, 4) is 0 Å². The third-order valence-electron chi connectivity index (χ3n) is 2.03. The van der Waals surface area contributed by atoms with E-state index in [2.05, 4.69) is 0 Å². The summed E-state index contributed by atoms with van der Waals surface area (Å²) < 4.78 is 5.38. The Kier molecular flexibility index (Phi) is 3.12. The highest BCUT2D eigenvalue weighted by Gasteiger charge is 2.03. The van der Waals surface area contributed by atoms with Crippen molar-refractivity contribution in [1.82, 2.24) is 4.90 Å². The fourth-order valence-corrected chi connectivity index (χ4v) is 1.05. The number of likely N-dealkylation sites (N-methyl/N-ethyl adjacent to an activating group) is 1. The summed E-state index contributed by atoms with van der Waals surface area (Å²) in [6.07, 6.45) is 0.782. The third-order valence-corrected chi connectivity index (χ3v) is 2.03. The van der Waals surface area contributed by atoms with Crippen LogP contribution in [0.2, 0.25) is 0 Å². The van der Waals surface area contributed by atoms with Gasteiger partial charge in [-0.05, 0) is 19.1 Å². The van der Waals surface area contributed by atoms with E-state index in [1.165, 1.54) is 0 Å². The number of aryl methyl sites for hydroxylation is 1. The van der Waals surface area contributed by atoms with Gasteiger partial charge in [-0.15, -0.1) is 0 Å². The summed E-state index contributed by atoms with van der Waals surface area (Å²) >= 11 is 0. The van der Waals surface area contributed by atoms with Gasteiger partial charge in [0.15, 0.2) is 0 Å². The quantitative estimate of drug-likeness (QED) is 0.709. The molecular weight excluding hydrogens is 166 g/mol. The average Bonchev–Trinajstić information content (AvgIpc) is 2.47. The van der Waals surface area contributed by atoms with E-state index in [4.69, 9.17) is 4.42 Å². The molecule has 0 atom stereocenters. The lowest BCUT2D eigenvalue weighted by atomic mass is 10.3. The van der Waals surface area contributed by atoms with E-state index in [1.54, 1.807) is 18.9 Å². The van der Waals surface area contributed by atoms with Crippen LogP contribution >= 0.6 is 0 Å². The SMILES string of the molecule is CC(=O)N(C)CCc1ccc(C)o1. The van der Waals surface area contributed by atoms with E-state index in [0.717, 1.165) is 17.9 Å². The molecule has 0 spiro atoms. The van der Waals surface area contributed by atoms with Crippen LogP contribution in [0.3, 0.4) is 0 Å². The topological polar surface area (TPSA) is 33.5 Å². The first-order valence-electron chi connectivity index (χ1n) is 4.36. The van der Waals surface area contributed by atoms with E-state index in [0.29, 0.717) is 6.54 Å². The van der Waals surface area contributed by atoms with Crippen molar-refractivity contribution >= 4 is 5.91 Å². The van der Waals surface area contributed by atoms with E-state index in [1.807, 2.05) is 19.1 Å². The Morgan fingerprint density at radius 2 is 2.23 bits per heavy atom. The van der Waals surface area contributed by atoms with Crippen LogP contribution < -0.4 is 0 Å². The largest absolute Gasteiger partial charge is 0.466 e. The molecule has 0 N–H and O–H groups in total. The molecule has 1 heterocycles. The maximum Gasteiger partial charge on any atom is 0.219 e. The van der Waals surface area contributed by atoms with Crippen molar-refractivity contribution in [2.75, 3.05) is 13.6 Å². The fraction of sp³-hybridized carbons (Fsp3) is 0.500. The summed E-state index contributed by atoms with van der Waals surface area (Å²) in [5.41, 5.74) is 0. The lowest BCUT2D eigenvalue weighted by Gasteiger charge is -2.12. The Labute approximate surface area is 78.3 Å². The smallest absolute Gasteiger partial charge is 0.219 e. The zero-order valence-corrected chi connectivity index (χ0v) is 8.33. The van der Waals surface area contributed by atoms with Crippen LogP contribution in [0.25, 0.3) is 0 Å². The summed E-state index contributed by atoms with van der Waals surface area (Å²) in [5.74, 6) is 1.94. The maximum atomic E-state index is 10.9. The van der Waals surface area contributed by atoms with E-state index < -0.39 is 0 Å². The Bertz CT molecular complexity index is 291. The van der Waals surface area contributed by atoms with Crippen LogP contribution in [0.1, 0.15) is 18.4 Å². The van der Waals surface area contributed by atoms with Crippen molar-refractivity contribution in [2.45, 2.75) is 20.3 Å². The molecule has 72 valence electrons. The minimum Gasteiger partial charge on any atom is -0.466 e. The van der Waals surface area contributed by atoms with E-state index >= 15 is 0 Å². The predicted octanol–water partition coefficient (Wildman–Crippen LogP) is 1.61. The number of hydrogen-bond donors (Lipinski definition) is 0. The minimum atomic E-state index is 0.0864. The van der Waals surface area contributed by atoms with Crippen LogP contribution in [-0.4, -0.2) is 24.4 Å². The molecule has 0 unspecified atom stereocenters. The molecule has 1 aromatic rings. The Hall–Kier alpha value is -1.25. The highest BCUT2D eigenvalue weighted by molar-refractivity contribution is 5.72. The number of nitrogens with zero attached hydrogens (tertiary/aromatic N) is 1. The molecule has 0 saturated heterocycles. The molecule has 0 saturated carbocycles. The highest BCUT2D eigenvalue weighted by atomic mass is 16.3.